The Kier molecular flexibility index (Phi) is 19.7. The van der Waals surface area contributed by atoms with Crippen LogP contribution in [0, 0.1) is 0 Å². The van der Waals surface area contributed by atoms with E-state index in [1.54, 1.807) is 0 Å². The van der Waals surface area contributed by atoms with Gasteiger partial charge in [0.05, 0.1) is 0 Å². The van der Waals surface area contributed by atoms with Crippen LogP contribution >= 0.6 is 0 Å². The first-order valence-electron chi connectivity index (χ1n) is 9.35. The molecule has 0 aliphatic heterocycles. The molecule has 0 aromatic carbocycles. The van der Waals surface area contributed by atoms with Crippen molar-refractivity contribution in [2.75, 3.05) is 0 Å². The molecule has 20 heavy (non-hydrogen) atoms. The topological polar surface area (TPSA) is 17.1 Å². The summed E-state index contributed by atoms with van der Waals surface area (Å²) >= 11 is -0.491. The van der Waals surface area contributed by atoms with Crippen LogP contribution in [0.5, 0.6) is 0 Å². The zero-order valence-corrected chi connectivity index (χ0v) is 15.2. The fraction of sp³-hybridized carbons (Fsp3) is 1.00. The van der Waals surface area contributed by atoms with Crippen molar-refractivity contribution >= 4 is 15.2 Å². The molecule has 0 aromatic rings. The molecule has 2 heteroatoms. The van der Waals surface area contributed by atoms with Gasteiger partial charge in [-0.05, 0) is 0 Å². The van der Waals surface area contributed by atoms with Crippen LogP contribution in [0.1, 0.15) is 110 Å². The van der Waals surface area contributed by atoms with E-state index >= 15 is 0 Å². The van der Waals surface area contributed by atoms with Crippen LogP contribution in [-0.4, -0.2) is 15.2 Å². The average Bonchev–Trinajstić information content (AvgIpc) is 2.47. The number of hydrogen-bond donors (Lipinski definition) is 0. The van der Waals surface area contributed by atoms with Crippen molar-refractivity contribution in [3.8, 4) is 0 Å². The molecular weight excluding hydrogens is 259 g/mol. The Morgan fingerprint density at radius 2 is 0.800 bits per heavy atom. The molecule has 0 amide bonds. The van der Waals surface area contributed by atoms with E-state index in [0.29, 0.717) is 0 Å². The van der Waals surface area contributed by atoms with Crippen molar-refractivity contribution in [2.24, 2.45) is 0 Å². The average molecular weight is 296 g/mol. The molecule has 0 aromatic heterocycles. The third-order valence-electron chi connectivity index (χ3n) is 4.18. The summed E-state index contributed by atoms with van der Waals surface area (Å²) in [5.41, 5.74) is 0. The van der Waals surface area contributed by atoms with Gasteiger partial charge < -0.3 is 0 Å². The van der Waals surface area contributed by atoms with E-state index in [1.807, 2.05) is 0 Å². The maximum absolute atomic E-state index is 10.4. The third-order valence-corrected chi connectivity index (χ3v) is 4.82. The second-order valence-corrected chi connectivity index (χ2v) is 7.17. The summed E-state index contributed by atoms with van der Waals surface area (Å²) in [6.07, 6.45) is 22.5. The summed E-state index contributed by atoms with van der Waals surface area (Å²) in [7, 11) is 0. The van der Waals surface area contributed by atoms with E-state index < -0.39 is 15.2 Å². The summed E-state index contributed by atoms with van der Waals surface area (Å²) in [4.78, 5) is 0. The van der Waals surface area contributed by atoms with Crippen LogP contribution in [-0.2, 0) is 3.80 Å². The van der Waals surface area contributed by atoms with Gasteiger partial charge >= 0.3 is 94.9 Å². The quantitative estimate of drug-likeness (QED) is 0.215. The van der Waals surface area contributed by atoms with E-state index in [-0.39, 0.29) is 0 Å². The first kappa shape index (κ1) is 20.3. The van der Waals surface area contributed by atoms with Gasteiger partial charge in [0, 0.05) is 0 Å². The Morgan fingerprint density at radius 1 is 0.500 bits per heavy atom. The summed E-state index contributed by atoms with van der Waals surface area (Å²) in [6.45, 7) is 2.29. The maximum atomic E-state index is 10.4. The van der Waals surface area contributed by atoms with Gasteiger partial charge in [0.1, 0.15) is 0 Å². The molecule has 1 nitrogen and oxygen atoms in total. The van der Waals surface area contributed by atoms with E-state index in [9.17, 15) is 3.80 Å². The number of unbranched alkanes of at least 4 members (excludes halogenated alkanes) is 15. The standard InChI is InChI=1S/C18H37.Al.O/c1-3-5-7-9-11-13-15-17-18-16-14-12-10-8-6-4-2;;/h1,3-18H2,2H3;;. The molecule has 0 N–H and O–H groups in total. The molecule has 0 rings (SSSR count). The van der Waals surface area contributed by atoms with Gasteiger partial charge in [-0.25, -0.2) is 0 Å². The molecule has 0 aliphatic rings. The van der Waals surface area contributed by atoms with Gasteiger partial charge in [0.15, 0.2) is 0 Å². The molecule has 118 valence electrons. The molecule has 0 fully saturated rings. The van der Waals surface area contributed by atoms with Crippen LogP contribution in [0.15, 0.2) is 0 Å². The monoisotopic (exact) mass is 296 g/mol. The second kappa shape index (κ2) is 19.3. The molecule has 0 radical (unpaired) electrons. The van der Waals surface area contributed by atoms with E-state index in [4.69, 9.17) is 0 Å². The van der Waals surface area contributed by atoms with E-state index in [1.165, 1.54) is 103 Å². The van der Waals surface area contributed by atoms with E-state index in [2.05, 4.69) is 6.92 Å². The van der Waals surface area contributed by atoms with E-state index in [0.717, 1.165) is 5.28 Å². The van der Waals surface area contributed by atoms with Crippen molar-refractivity contribution in [1.29, 1.82) is 0 Å². The minimum absolute atomic E-state index is 0.491. The number of hydrogen-bond acceptors (Lipinski definition) is 1. The Balaban J connectivity index is 2.90. The fourth-order valence-electron chi connectivity index (χ4n) is 2.78. The number of rotatable bonds is 17. The van der Waals surface area contributed by atoms with Gasteiger partial charge in [-0.1, -0.05) is 39.0 Å². The van der Waals surface area contributed by atoms with Gasteiger partial charge in [0.2, 0.25) is 0 Å². The molecule has 0 aliphatic carbocycles. The molecular formula is C18H37AlO. The van der Waals surface area contributed by atoms with Crippen LogP contribution in [0.25, 0.3) is 0 Å². The van der Waals surface area contributed by atoms with Crippen molar-refractivity contribution in [3.63, 3.8) is 0 Å². The SMILES string of the molecule is CCCCCCCCCCCCCCCCC[CH2][Al]=[O]. The molecule has 0 atom stereocenters. The van der Waals surface area contributed by atoms with Gasteiger partial charge in [-0.3, -0.25) is 0 Å². The van der Waals surface area contributed by atoms with Gasteiger partial charge in [-0.2, -0.15) is 0 Å². The fourth-order valence-corrected chi connectivity index (χ4v) is 3.23. The first-order valence-corrected chi connectivity index (χ1v) is 10.6. The zero-order chi connectivity index (χ0) is 14.7. The van der Waals surface area contributed by atoms with Gasteiger partial charge in [0.25, 0.3) is 0 Å². The summed E-state index contributed by atoms with van der Waals surface area (Å²) in [5.74, 6) is 0. The van der Waals surface area contributed by atoms with Crippen LogP contribution < -0.4 is 0 Å². The normalized spacial score (nSPS) is 10.7. The minimum atomic E-state index is -0.491. The van der Waals surface area contributed by atoms with Crippen LogP contribution in [0.2, 0.25) is 5.28 Å². The molecule has 0 spiro atoms. The van der Waals surface area contributed by atoms with Crippen LogP contribution in [0.3, 0.4) is 0 Å². The Morgan fingerprint density at radius 3 is 1.10 bits per heavy atom. The van der Waals surface area contributed by atoms with Crippen molar-refractivity contribution in [1.82, 2.24) is 0 Å². The predicted octanol–water partition coefficient (Wildman–Crippen LogP) is 6.72. The third kappa shape index (κ3) is 18.3. The van der Waals surface area contributed by atoms with Gasteiger partial charge in [-0.15, -0.1) is 0 Å². The predicted molar refractivity (Wildman–Crippen MR) is 90.8 cm³/mol. The molecule has 0 bridgehead atoms. The summed E-state index contributed by atoms with van der Waals surface area (Å²) in [5, 5.41) is 0.971. The Labute approximate surface area is 134 Å². The van der Waals surface area contributed by atoms with Crippen LogP contribution in [0.4, 0.5) is 0 Å². The van der Waals surface area contributed by atoms with Crippen molar-refractivity contribution in [3.05, 3.63) is 0 Å². The molecule has 0 saturated heterocycles. The summed E-state index contributed by atoms with van der Waals surface area (Å²) in [6, 6.07) is 0. The summed E-state index contributed by atoms with van der Waals surface area (Å²) < 4.78 is 10.4. The van der Waals surface area contributed by atoms with Crippen molar-refractivity contribution < 1.29 is 3.80 Å². The Bertz CT molecular complexity index is 182. The Hall–Kier alpha value is 0.332. The van der Waals surface area contributed by atoms with Crippen molar-refractivity contribution in [2.45, 2.75) is 115 Å². The first-order chi connectivity index (χ1) is 9.91. The zero-order valence-electron chi connectivity index (χ0n) is 14.0. The molecule has 0 saturated carbocycles. The second-order valence-electron chi connectivity index (χ2n) is 6.26. The molecule has 0 unspecified atom stereocenters. The molecule has 0 heterocycles.